The zero-order valence-corrected chi connectivity index (χ0v) is 10.8. The first kappa shape index (κ1) is 12.4. The van der Waals surface area contributed by atoms with E-state index in [1.807, 2.05) is 12.3 Å². The lowest BCUT2D eigenvalue weighted by molar-refractivity contribution is 0.859. The topological polar surface area (TPSA) is 34.0 Å². The Morgan fingerprint density at radius 2 is 1.83 bits per heavy atom. The average molecular weight is 242 g/mol. The van der Waals surface area contributed by atoms with Crippen LogP contribution in [-0.2, 0) is 20.0 Å². The highest BCUT2D eigenvalue weighted by Crippen LogP contribution is 2.12. The van der Waals surface area contributed by atoms with Crippen molar-refractivity contribution in [2.24, 2.45) is 7.05 Å². The lowest BCUT2D eigenvalue weighted by atomic mass is 10.1. The largest absolute Gasteiger partial charge is 0.380 e. The van der Waals surface area contributed by atoms with Crippen molar-refractivity contribution >= 4 is 5.69 Å². The number of nitrogens with one attached hydrogen (secondary N) is 1. The second-order valence-electron chi connectivity index (χ2n) is 4.34. The van der Waals surface area contributed by atoms with Crippen molar-refractivity contribution in [1.29, 1.82) is 0 Å². The third kappa shape index (κ3) is 2.80. The summed E-state index contributed by atoms with van der Waals surface area (Å²) in [5.41, 5.74) is 3.63. The summed E-state index contributed by atoms with van der Waals surface area (Å²) in [7, 11) is 1.76. The van der Waals surface area contributed by atoms with Gasteiger partial charge >= 0.3 is 0 Å². The van der Waals surface area contributed by atoms with Gasteiger partial charge in [0.1, 0.15) is 0 Å². The minimum absolute atomic E-state index is 0.00880. The quantitative estimate of drug-likeness (QED) is 0.894. The number of rotatable bonds is 4. The van der Waals surface area contributed by atoms with Gasteiger partial charge in [-0.15, -0.1) is 0 Å². The lowest BCUT2D eigenvalue weighted by Crippen LogP contribution is -2.15. The van der Waals surface area contributed by atoms with Gasteiger partial charge in [-0.05, 0) is 23.6 Å². The van der Waals surface area contributed by atoms with Gasteiger partial charge in [0, 0.05) is 25.9 Å². The monoisotopic (exact) mass is 242 g/mol. The molecule has 3 heteroatoms. The van der Waals surface area contributed by atoms with Crippen molar-refractivity contribution in [2.75, 3.05) is 5.32 Å². The first-order valence-corrected chi connectivity index (χ1v) is 6.18. The molecule has 0 spiro atoms. The maximum absolute atomic E-state index is 11.3. The zero-order valence-electron chi connectivity index (χ0n) is 10.8. The normalized spacial score (nSPS) is 10.3. The third-order valence-corrected chi connectivity index (χ3v) is 3.07. The van der Waals surface area contributed by atoms with Crippen LogP contribution in [0.25, 0.3) is 0 Å². The second kappa shape index (κ2) is 5.54. The molecule has 0 saturated heterocycles. The molecule has 3 nitrogen and oxygen atoms in total. The maximum Gasteiger partial charge on any atom is 0.250 e. The van der Waals surface area contributed by atoms with E-state index in [0.29, 0.717) is 0 Å². The molecule has 94 valence electrons. The molecular formula is C15H18N2O. The van der Waals surface area contributed by atoms with Crippen molar-refractivity contribution in [1.82, 2.24) is 4.57 Å². The molecule has 1 N–H and O–H groups in total. The lowest BCUT2D eigenvalue weighted by Gasteiger charge is -2.10. The van der Waals surface area contributed by atoms with Crippen LogP contribution in [0.2, 0.25) is 0 Å². The molecule has 0 aliphatic heterocycles. The van der Waals surface area contributed by atoms with Crippen molar-refractivity contribution < 1.29 is 0 Å². The van der Waals surface area contributed by atoms with Gasteiger partial charge < -0.3 is 9.88 Å². The van der Waals surface area contributed by atoms with E-state index in [4.69, 9.17) is 0 Å². The highest BCUT2D eigenvalue weighted by Gasteiger charge is 2.00. The molecule has 0 bridgehead atoms. The molecule has 1 aromatic heterocycles. The Balaban J connectivity index is 2.11. The van der Waals surface area contributed by atoms with Gasteiger partial charge in [-0.1, -0.05) is 31.2 Å². The maximum atomic E-state index is 11.3. The smallest absolute Gasteiger partial charge is 0.250 e. The molecule has 2 rings (SSSR count). The number of aromatic nitrogens is 1. The number of benzene rings is 1. The van der Waals surface area contributed by atoms with Crippen LogP contribution >= 0.6 is 0 Å². The summed E-state index contributed by atoms with van der Waals surface area (Å²) in [5, 5.41) is 3.34. The Hall–Kier alpha value is -2.03. The van der Waals surface area contributed by atoms with Gasteiger partial charge in [0.05, 0.1) is 5.69 Å². The predicted octanol–water partition coefficient (Wildman–Crippen LogP) is 2.56. The average Bonchev–Trinajstić information content (AvgIpc) is 2.40. The molecule has 1 heterocycles. The van der Waals surface area contributed by atoms with Crippen molar-refractivity contribution in [3.63, 3.8) is 0 Å². The minimum atomic E-state index is 0.00880. The van der Waals surface area contributed by atoms with Crippen LogP contribution in [-0.4, -0.2) is 4.57 Å². The van der Waals surface area contributed by atoms with Crippen molar-refractivity contribution in [2.45, 2.75) is 19.9 Å². The van der Waals surface area contributed by atoms with Gasteiger partial charge in [-0.3, -0.25) is 4.79 Å². The van der Waals surface area contributed by atoms with Crippen LogP contribution in [0.4, 0.5) is 5.69 Å². The molecule has 18 heavy (non-hydrogen) atoms. The summed E-state index contributed by atoms with van der Waals surface area (Å²) in [6, 6.07) is 11.8. The van der Waals surface area contributed by atoms with Crippen molar-refractivity contribution in [3.05, 3.63) is 64.1 Å². The molecule has 1 aromatic carbocycles. The summed E-state index contributed by atoms with van der Waals surface area (Å²) < 4.78 is 1.58. The Bertz CT molecular complexity index is 587. The molecule has 0 aliphatic rings. The first-order valence-electron chi connectivity index (χ1n) is 6.18. The van der Waals surface area contributed by atoms with Crippen LogP contribution in [0.15, 0.2) is 47.4 Å². The molecule has 0 radical (unpaired) electrons. The summed E-state index contributed by atoms with van der Waals surface area (Å²) in [4.78, 5) is 11.3. The fourth-order valence-corrected chi connectivity index (χ4v) is 1.97. The molecule has 0 amide bonds. The highest BCUT2D eigenvalue weighted by molar-refractivity contribution is 5.42. The van der Waals surface area contributed by atoms with Crippen LogP contribution in [0, 0.1) is 0 Å². The van der Waals surface area contributed by atoms with Crippen LogP contribution in [0.1, 0.15) is 18.1 Å². The van der Waals surface area contributed by atoms with Gasteiger partial charge in [-0.25, -0.2) is 0 Å². The highest BCUT2D eigenvalue weighted by atomic mass is 16.1. The Kier molecular flexibility index (Phi) is 3.82. The van der Waals surface area contributed by atoms with Gasteiger partial charge in [0.2, 0.25) is 5.56 Å². The fourth-order valence-electron chi connectivity index (χ4n) is 1.97. The molecule has 0 saturated carbocycles. The van der Waals surface area contributed by atoms with E-state index < -0.39 is 0 Å². The fraction of sp³-hybridized carbons (Fsp3) is 0.267. The van der Waals surface area contributed by atoms with E-state index in [1.165, 1.54) is 11.1 Å². The number of nitrogens with zero attached hydrogens (tertiary/aromatic N) is 1. The Morgan fingerprint density at radius 1 is 1.11 bits per heavy atom. The van der Waals surface area contributed by atoms with Crippen LogP contribution < -0.4 is 10.9 Å². The minimum Gasteiger partial charge on any atom is -0.380 e. The first-order chi connectivity index (χ1) is 8.70. The zero-order chi connectivity index (χ0) is 13.0. The van der Waals surface area contributed by atoms with Crippen LogP contribution in [0.5, 0.6) is 0 Å². The van der Waals surface area contributed by atoms with E-state index in [9.17, 15) is 4.79 Å². The van der Waals surface area contributed by atoms with Gasteiger partial charge in [0.25, 0.3) is 0 Å². The number of anilines is 1. The summed E-state index contributed by atoms with van der Waals surface area (Å²) in [5.74, 6) is 0. The summed E-state index contributed by atoms with van der Waals surface area (Å²) in [6.45, 7) is 2.94. The van der Waals surface area contributed by atoms with E-state index in [2.05, 4.69) is 36.5 Å². The molecule has 0 unspecified atom stereocenters. The predicted molar refractivity (Wildman–Crippen MR) is 74.8 cm³/mol. The number of hydrogen-bond acceptors (Lipinski definition) is 2. The van der Waals surface area contributed by atoms with E-state index >= 15 is 0 Å². The molecular weight excluding hydrogens is 224 g/mol. The molecule has 0 aliphatic carbocycles. The van der Waals surface area contributed by atoms with Gasteiger partial charge in [-0.2, -0.15) is 0 Å². The molecule has 2 aromatic rings. The SMILES string of the molecule is CCc1ccccc1CNc1ccc(=O)n(C)c1. The van der Waals surface area contributed by atoms with E-state index in [1.54, 1.807) is 17.7 Å². The summed E-state index contributed by atoms with van der Waals surface area (Å²) in [6.07, 6.45) is 2.85. The van der Waals surface area contributed by atoms with Gasteiger partial charge in [0.15, 0.2) is 0 Å². The van der Waals surface area contributed by atoms with Crippen LogP contribution in [0.3, 0.4) is 0 Å². The number of aryl methyl sites for hydroxylation is 2. The standard InChI is InChI=1S/C15H18N2O/c1-3-12-6-4-5-7-13(12)10-16-14-8-9-15(18)17(2)11-14/h4-9,11,16H,3,10H2,1-2H3. The second-order valence-corrected chi connectivity index (χ2v) is 4.34. The molecule has 0 atom stereocenters. The molecule has 0 fully saturated rings. The summed E-state index contributed by atoms with van der Waals surface area (Å²) >= 11 is 0. The van der Waals surface area contributed by atoms with Crippen molar-refractivity contribution in [3.8, 4) is 0 Å². The number of pyridine rings is 1. The van der Waals surface area contributed by atoms with E-state index in [0.717, 1.165) is 18.7 Å². The van der Waals surface area contributed by atoms with E-state index in [-0.39, 0.29) is 5.56 Å². The third-order valence-electron chi connectivity index (χ3n) is 3.07. The Labute approximate surface area is 107 Å². The number of hydrogen-bond donors (Lipinski definition) is 1. The Morgan fingerprint density at radius 3 is 2.50 bits per heavy atom.